The number of methoxy groups -OCH3 is 1. The van der Waals surface area contributed by atoms with Crippen molar-refractivity contribution in [1.29, 1.82) is 0 Å². The van der Waals surface area contributed by atoms with Crippen LogP contribution in [0, 0.1) is 5.82 Å². The van der Waals surface area contributed by atoms with Crippen molar-refractivity contribution in [3.05, 3.63) is 48.1 Å². The van der Waals surface area contributed by atoms with Crippen LogP contribution < -0.4 is 10.1 Å². The zero-order valence-electron chi connectivity index (χ0n) is 8.88. The van der Waals surface area contributed by atoms with Gasteiger partial charge in [-0.1, -0.05) is 18.7 Å². The minimum absolute atomic E-state index is 0.246. The Labute approximate surface area is 89.1 Å². The zero-order chi connectivity index (χ0) is 11.3. The molecule has 3 heteroatoms. The van der Waals surface area contributed by atoms with Crippen LogP contribution in [0.25, 0.3) is 6.08 Å². The van der Waals surface area contributed by atoms with Crippen molar-refractivity contribution < 1.29 is 9.13 Å². The lowest BCUT2D eigenvalue weighted by atomic mass is 10.1. The smallest absolute Gasteiger partial charge is 0.172 e. The van der Waals surface area contributed by atoms with E-state index in [0.29, 0.717) is 5.56 Å². The molecule has 1 aromatic carbocycles. The molecule has 0 atom stereocenters. The maximum absolute atomic E-state index is 13.7. The molecule has 0 aliphatic rings. The van der Waals surface area contributed by atoms with Gasteiger partial charge in [0.25, 0.3) is 0 Å². The molecule has 2 nitrogen and oxygen atoms in total. The molecular weight excluding hydrogens is 193 g/mol. The molecule has 0 radical (unpaired) electrons. The molecule has 0 aliphatic heterocycles. The molecule has 0 fully saturated rings. The monoisotopic (exact) mass is 207 g/mol. The maximum Gasteiger partial charge on any atom is 0.172 e. The first-order valence-electron chi connectivity index (χ1n) is 4.57. The van der Waals surface area contributed by atoms with E-state index in [-0.39, 0.29) is 11.6 Å². The van der Waals surface area contributed by atoms with Crippen LogP contribution in [0.5, 0.6) is 5.75 Å². The Morgan fingerprint density at radius 3 is 2.87 bits per heavy atom. The van der Waals surface area contributed by atoms with Crippen LogP contribution in [0.2, 0.25) is 0 Å². The van der Waals surface area contributed by atoms with Crippen LogP contribution in [-0.2, 0) is 0 Å². The summed E-state index contributed by atoms with van der Waals surface area (Å²) in [6.07, 6.45) is 3.24. The molecule has 0 spiro atoms. The number of hydrogen-bond donors (Lipinski definition) is 1. The highest BCUT2D eigenvalue weighted by Gasteiger charge is 2.05. The topological polar surface area (TPSA) is 21.3 Å². The third-order valence-corrected chi connectivity index (χ3v) is 1.91. The van der Waals surface area contributed by atoms with Crippen molar-refractivity contribution in [2.45, 2.75) is 6.92 Å². The third-order valence-electron chi connectivity index (χ3n) is 1.91. The molecule has 0 unspecified atom stereocenters. The molecule has 15 heavy (non-hydrogen) atoms. The number of allylic oxidation sites excluding steroid dienone is 1. The summed E-state index contributed by atoms with van der Waals surface area (Å²) in [6, 6.07) is 5.02. The van der Waals surface area contributed by atoms with Gasteiger partial charge in [-0.15, -0.1) is 0 Å². The van der Waals surface area contributed by atoms with Gasteiger partial charge < -0.3 is 10.1 Å². The summed E-state index contributed by atoms with van der Waals surface area (Å²) in [4.78, 5) is 0. The summed E-state index contributed by atoms with van der Waals surface area (Å²) in [5, 5.41) is 2.88. The van der Waals surface area contributed by atoms with Crippen LogP contribution in [0.15, 0.2) is 36.7 Å². The van der Waals surface area contributed by atoms with E-state index >= 15 is 0 Å². The van der Waals surface area contributed by atoms with Crippen molar-refractivity contribution in [2.75, 3.05) is 7.11 Å². The standard InChI is InChI=1S/C12H14FNO/c1-4-14-9(2)8-10-6-5-7-11(15-3)12(10)13/h4-8,14H,1H2,2-3H3/b9-8+. The van der Waals surface area contributed by atoms with Crippen LogP contribution in [0.3, 0.4) is 0 Å². The van der Waals surface area contributed by atoms with E-state index in [2.05, 4.69) is 11.9 Å². The first-order valence-corrected chi connectivity index (χ1v) is 4.57. The van der Waals surface area contributed by atoms with E-state index in [1.54, 1.807) is 30.5 Å². The second-order valence-electron chi connectivity index (χ2n) is 3.04. The molecule has 0 aliphatic carbocycles. The van der Waals surface area contributed by atoms with Crippen molar-refractivity contribution in [3.8, 4) is 5.75 Å². The SMILES string of the molecule is C=CN/C(C)=C/c1cccc(OC)c1F. The fourth-order valence-electron chi connectivity index (χ4n) is 1.23. The van der Waals surface area contributed by atoms with Gasteiger partial charge in [0.1, 0.15) is 0 Å². The quantitative estimate of drug-likeness (QED) is 0.819. The fraction of sp³-hybridized carbons (Fsp3) is 0.167. The van der Waals surface area contributed by atoms with Gasteiger partial charge in [0.05, 0.1) is 7.11 Å². The Hall–Kier alpha value is -1.77. The Morgan fingerprint density at radius 2 is 2.27 bits per heavy atom. The van der Waals surface area contributed by atoms with E-state index in [9.17, 15) is 4.39 Å². The molecule has 0 aromatic heterocycles. The highest BCUT2D eigenvalue weighted by Crippen LogP contribution is 2.21. The van der Waals surface area contributed by atoms with E-state index < -0.39 is 0 Å². The van der Waals surface area contributed by atoms with Gasteiger partial charge in [0.15, 0.2) is 11.6 Å². The molecule has 0 bridgehead atoms. The second kappa shape index (κ2) is 5.20. The molecule has 0 saturated heterocycles. The number of hydrogen-bond acceptors (Lipinski definition) is 2. The lowest BCUT2D eigenvalue weighted by molar-refractivity contribution is 0.386. The first kappa shape index (κ1) is 11.3. The summed E-state index contributed by atoms with van der Waals surface area (Å²) in [5.41, 5.74) is 1.30. The van der Waals surface area contributed by atoms with Crippen molar-refractivity contribution >= 4 is 6.08 Å². The number of rotatable bonds is 4. The molecule has 1 aromatic rings. The van der Waals surface area contributed by atoms with Gasteiger partial charge in [-0.05, 0) is 25.3 Å². The Kier molecular flexibility index (Phi) is 3.92. The highest BCUT2D eigenvalue weighted by molar-refractivity contribution is 5.55. The average molecular weight is 207 g/mol. The van der Waals surface area contributed by atoms with Gasteiger partial charge in [-0.2, -0.15) is 0 Å². The van der Waals surface area contributed by atoms with E-state index in [4.69, 9.17) is 4.74 Å². The summed E-state index contributed by atoms with van der Waals surface area (Å²) in [5.74, 6) is -0.111. The first-order chi connectivity index (χ1) is 7.19. The van der Waals surface area contributed by atoms with Gasteiger partial charge in [0, 0.05) is 11.3 Å². The average Bonchev–Trinajstić information content (AvgIpc) is 2.21. The number of ether oxygens (including phenoxy) is 1. The van der Waals surface area contributed by atoms with E-state index in [1.165, 1.54) is 7.11 Å². The predicted molar refractivity (Wildman–Crippen MR) is 59.9 cm³/mol. The second-order valence-corrected chi connectivity index (χ2v) is 3.04. The van der Waals surface area contributed by atoms with Crippen molar-refractivity contribution in [1.82, 2.24) is 5.32 Å². The van der Waals surface area contributed by atoms with Crippen LogP contribution >= 0.6 is 0 Å². The van der Waals surface area contributed by atoms with Gasteiger partial charge >= 0.3 is 0 Å². The minimum Gasteiger partial charge on any atom is -0.494 e. The fourth-order valence-corrected chi connectivity index (χ4v) is 1.23. The normalized spacial score (nSPS) is 11.0. The zero-order valence-corrected chi connectivity index (χ0v) is 8.88. The maximum atomic E-state index is 13.7. The number of halogens is 1. The van der Waals surface area contributed by atoms with Gasteiger partial charge in [0.2, 0.25) is 0 Å². The van der Waals surface area contributed by atoms with E-state index in [1.807, 2.05) is 6.92 Å². The highest BCUT2D eigenvalue weighted by atomic mass is 19.1. The Balaban J connectivity index is 3.04. The largest absolute Gasteiger partial charge is 0.494 e. The summed E-state index contributed by atoms with van der Waals surface area (Å²) in [7, 11) is 1.45. The summed E-state index contributed by atoms with van der Waals surface area (Å²) >= 11 is 0. The van der Waals surface area contributed by atoms with Crippen LogP contribution in [-0.4, -0.2) is 7.11 Å². The van der Waals surface area contributed by atoms with E-state index in [0.717, 1.165) is 5.70 Å². The minimum atomic E-state index is -0.356. The Bertz CT molecular complexity index is 385. The molecule has 1 rings (SSSR count). The van der Waals surface area contributed by atoms with Crippen molar-refractivity contribution in [3.63, 3.8) is 0 Å². The predicted octanol–water partition coefficient (Wildman–Crippen LogP) is 2.93. The molecule has 0 amide bonds. The molecule has 0 heterocycles. The van der Waals surface area contributed by atoms with Gasteiger partial charge in [-0.3, -0.25) is 0 Å². The Morgan fingerprint density at radius 1 is 1.53 bits per heavy atom. The molecule has 0 saturated carbocycles. The number of benzene rings is 1. The lowest BCUT2D eigenvalue weighted by Crippen LogP contribution is -2.00. The molecule has 80 valence electrons. The number of nitrogens with one attached hydrogen (secondary N) is 1. The summed E-state index contributed by atoms with van der Waals surface area (Å²) < 4.78 is 18.5. The van der Waals surface area contributed by atoms with Crippen molar-refractivity contribution in [2.24, 2.45) is 0 Å². The molecular formula is C12H14FNO. The van der Waals surface area contributed by atoms with Crippen LogP contribution in [0.1, 0.15) is 12.5 Å². The molecule has 1 N–H and O–H groups in total. The lowest BCUT2D eigenvalue weighted by Gasteiger charge is -2.05. The summed E-state index contributed by atoms with van der Waals surface area (Å²) in [6.45, 7) is 5.36. The van der Waals surface area contributed by atoms with Crippen LogP contribution in [0.4, 0.5) is 4.39 Å². The third kappa shape index (κ3) is 2.84. The van der Waals surface area contributed by atoms with Gasteiger partial charge in [-0.25, -0.2) is 4.39 Å².